The van der Waals surface area contributed by atoms with Crippen molar-refractivity contribution in [2.45, 2.75) is 12.8 Å². The zero-order valence-corrected chi connectivity index (χ0v) is 27.5. The first kappa shape index (κ1) is 26.7. The second kappa shape index (κ2) is 9.47. The highest BCUT2D eigenvalue weighted by atomic mass is 32.1. The number of pyridine rings is 2. The van der Waals surface area contributed by atoms with Crippen molar-refractivity contribution in [1.29, 1.82) is 0 Å². The van der Waals surface area contributed by atoms with E-state index in [1.54, 1.807) is 11.3 Å². The molecule has 0 spiro atoms. The van der Waals surface area contributed by atoms with Crippen LogP contribution in [0.5, 0.6) is 0 Å². The molecule has 6 aromatic heterocycles. The van der Waals surface area contributed by atoms with E-state index in [2.05, 4.69) is 117 Å². The number of rotatable bonds is 2. The number of fused-ring (bicyclic) bond motifs is 14. The first-order valence-corrected chi connectivity index (χ1v) is 17.9. The Morgan fingerprint density at radius 1 is 0.600 bits per heavy atom. The molecule has 6 heterocycles. The number of thiophene rings is 1. The first-order chi connectivity index (χ1) is 24.8. The summed E-state index contributed by atoms with van der Waals surface area (Å²) < 4.78 is 8.08. The molecule has 0 amide bonds. The molecule has 0 aliphatic heterocycles. The van der Waals surface area contributed by atoms with E-state index in [-0.39, 0.29) is 5.56 Å². The summed E-state index contributed by atoms with van der Waals surface area (Å²) in [5.74, 6) is 0. The zero-order chi connectivity index (χ0) is 32.7. The minimum atomic E-state index is 0.0328. The van der Waals surface area contributed by atoms with Gasteiger partial charge in [-0.25, -0.2) is 0 Å². The van der Waals surface area contributed by atoms with Crippen LogP contribution in [0.1, 0.15) is 11.3 Å². The molecule has 1 aliphatic rings. The molecule has 5 nitrogen and oxygen atoms in total. The lowest BCUT2D eigenvalue weighted by Crippen LogP contribution is -2.13. The zero-order valence-electron chi connectivity index (χ0n) is 26.7. The normalized spacial score (nSPS) is 13.1. The van der Waals surface area contributed by atoms with Gasteiger partial charge in [-0.3, -0.25) is 14.2 Å². The lowest BCUT2D eigenvalue weighted by Gasteiger charge is -2.20. The minimum absolute atomic E-state index is 0.0328. The van der Waals surface area contributed by atoms with E-state index >= 15 is 0 Å². The summed E-state index contributed by atoms with van der Waals surface area (Å²) in [5, 5.41) is 8.68. The van der Waals surface area contributed by atoms with Crippen LogP contribution in [-0.4, -0.2) is 18.5 Å². The standard InChI is InChI=1S/C44H26N4OS/c49-43-30-14-5-4-12-27(30)32-22-26(23-33-39-34-24-45-21-20-38(34)50-44(39)48(43)41(32)33)46-36-17-9-7-15-31(36)40-37(46)19-18-29-28-13-6-8-16-35(28)47(42(29)40)25-10-2-1-3-11-25/h1-17,20-24H,18-19H2. The van der Waals surface area contributed by atoms with Gasteiger partial charge in [0.25, 0.3) is 5.56 Å². The number of benzene rings is 5. The van der Waals surface area contributed by atoms with Gasteiger partial charge in [0.15, 0.2) is 0 Å². The molecule has 6 heteroatoms. The van der Waals surface area contributed by atoms with Crippen LogP contribution >= 0.6 is 11.3 Å². The first-order valence-electron chi connectivity index (χ1n) is 17.1. The maximum absolute atomic E-state index is 14.2. The molecule has 0 N–H and O–H groups in total. The summed E-state index contributed by atoms with van der Waals surface area (Å²) in [4.78, 5) is 19.7. The van der Waals surface area contributed by atoms with Crippen molar-refractivity contribution in [1.82, 2.24) is 18.5 Å². The summed E-state index contributed by atoms with van der Waals surface area (Å²) in [6.45, 7) is 0. The maximum Gasteiger partial charge on any atom is 0.264 e. The Hall–Kier alpha value is -6.24. The van der Waals surface area contributed by atoms with Crippen molar-refractivity contribution in [3.05, 3.63) is 155 Å². The van der Waals surface area contributed by atoms with Crippen molar-refractivity contribution in [3.63, 3.8) is 0 Å². The molecule has 5 aromatic carbocycles. The molecule has 0 bridgehead atoms. The summed E-state index contributed by atoms with van der Waals surface area (Å²) in [6, 6.07) is 43.3. The van der Waals surface area contributed by atoms with Gasteiger partial charge >= 0.3 is 0 Å². The van der Waals surface area contributed by atoms with Crippen molar-refractivity contribution in [2.24, 2.45) is 0 Å². The Morgan fingerprint density at radius 3 is 2.14 bits per heavy atom. The van der Waals surface area contributed by atoms with Crippen molar-refractivity contribution in [3.8, 4) is 22.6 Å². The molecule has 50 heavy (non-hydrogen) atoms. The topological polar surface area (TPSA) is 44.2 Å². The third-order valence-corrected chi connectivity index (χ3v) is 12.1. The van der Waals surface area contributed by atoms with Crippen LogP contribution in [0.2, 0.25) is 0 Å². The molecule has 234 valence electrons. The molecule has 0 radical (unpaired) electrons. The number of nitrogens with zero attached hydrogens (tertiary/aromatic N) is 4. The molecular formula is C44H26N4OS. The average Bonchev–Trinajstić information content (AvgIpc) is 3.90. The highest BCUT2D eigenvalue weighted by Crippen LogP contribution is 2.49. The Labute approximate surface area is 288 Å². The summed E-state index contributed by atoms with van der Waals surface area (Å²) >= 11 is 1.67. The van der Waals surface area contributed by atoms with Crippen LogP contribution in [0.15, 0.2) is 139 Å². The van der Waals surface area contributed by atoms with Gasteiger partial charge in [0.1, 0.15) is 4.83 Å². The molecular weight excluding hydrogens is 633 g/mol. The van der Waals surface area contributed by atoms with Gasteiger partial charge in [0, 0.05) is 77.4 Å². The smallest absolute Gasteiger partial charge is 0.264 e. The Kier molecular flexibility index (Phi) is 5.05. The quantitative estimate of drug-likeness (QED) is 0.174. The van der Waals surface area contributed by atoms with Gasteiger partial charge in [-0.2, -0.15) is 0 Å². The Bertz CT molecular complexity index is 3290. The summed E-state index contributed by atoms with van der Waals surface area (Å²) in [7, 11) is 0. The van der Waals surface area contributed by atoms with Crippen LogP contribution in [0.25, 0.3) is 91.8 Å². The maximum atomic E-state index is 14.2. The highest BCUT2D eigenvalue weighted by Gasteiger charge is 2.31. The lowest BCUT2D eigenvalue weighted by molar-refractivity contribution is 0.863. The molecule has 0 saturated heterocycles. The predicted molar refractivity (Wildman–Crippen MR) is 207 cm³/mol. The summed E-state index contributed by atoms with van der Waals surface area (Å²) in [5.41, 5.74) is 11.1. The molecule has 0 atom stereocenters. The predicted octanol–water partition coefficient (Wildman–Crippen LogP) is 10.5. The SMILES string of the molecule is O=c1c2ccccc2c2cc(-n3c4c(c5ccccc53)-c3c(c5ccccc5n3-c3ccccc3)CC4)cc3c4c5cnccc5sc4n1c23. The van der Waals surface area contributed by atoms with Crippen LogP contribution in [0.3, 0.4) is 0 Å². The number of aryl methyl sites for hydroxylation is 1. The largest absolute Gasteiger partial charge is 0.313 e. The highest BCUT2D eigenvalue weighted by molar-refractivity contribution is 7.25. The number of hydrogen-bond donors (Lipinski definition) is 0. The molecule has 12 rings (SSSR count). The van der Waals surface area contributed by atoms with Crippen molar-refractivity contribution >= 4 is 80.5 Å². The fourth-order valence-corrected chi connectivity index (χ4v) is 10.2. The molecule has 0 unspecified atom stereocenters. The van der Waals surface area contributed by atoms with Crippen molar-refractivity contribution < 1.29 is 0 Å². The van der Waals surface area contributed by atoms with Gasteiger partial charge in [0.2, 0.25) is 0 Å². The van der Waals surface area contributed by atoms with Gasteiger partial charge in [0.05, 0.1) is 22.2 Å². The van der Waals surface area contributed by atoms with Gasteiger partial charge in [-0.05, 0) is 72.3 Å². The fraction of sp³-hybridized carbons (Fsp3) is 0.0455. The van der Waals surface area contributed by atoms with E-state index in [4.69, 9.17) is 0 Å². The molecule has 1 aliphatic carbocycles. The van der Waals surface area contributed by atoms with E-state index in [1.165, 1.54) is 50.0 Å². The van der Waals surface area contributed by atoms with Crippen LogP contribution < -0.4 is 5.56 Å². The second-order valence-electron chi connectivity index (χ2n) is 13.4. The van der Waals surface area contributed by atoms with E-state index in [0.717, 1.165) is 65.9 Å². The van der Waals surface area contributed by atoms with E-state index in [1.807, 2.05) is 35.0 Å². The summed E-state index contributed by atoms with van der Waals surface area (Å²) in [6.07, 6.45) is 5.67. The minimum Gasteiger partial charge on any atom is -0.313 e. The average molecular weight is 659 g/mol. The second-order valence-corrected chi connectivity index (χ2v) is 14.4. The van der Waals surface area contributed by atoms with E-state index in [9.17, 15) is 4.79 Å². The fourth-order valence-electron chi connectivity index (χ4n) is 9.05. The van der Waals surface area contributed by atoms with Crippen LogP contribution in [0, 0.1) is 0 Å². The molecule has 0 fully saturated rings. The Morgan fingerprint density at radius 2 is 1.30 bits per heavy atom. The van der Waals surface area contributed by atoms with E-state index < -0.39 is 0 Å². The van der Waals surface area contributed by atoms with Gasteiger partial charge < -0.3 is 9.13 Å². The van der Waals surface area contributed by atoms with Crippen LogP contribution in [-0.2, 0) is 12.8 Å². The van der Waals surface area contributed by atoms with Gasteiger partial charge in [-0.15, -0.1) is 11.3 Å². The third-order valence-electron chi connectivity index (χ3n) is 11.0. The Balaban J connectivity index is 1.26. The number of aromatic nitrogens is 4. The number of hydrogen-bond acceptors (Lipinski definition) is 3. The van der Waals surface area contributed by atoms with Gasteiger partial charge in [-0.1, -0.05) is 72.8 Å². The molecule has 0 saturated carbocycles. The molecule has 11 aromatic rings. The third kappa shape index (κ3) is 3.22. The van der Waals surface area contributed by atoms with Crippen molar-refractivity contribution in [2.75, 3.05) is 0 Å². The van der Waals surface area contributed by atoms with Crippen LogP contribution in [0.4, 0.5) is 0 Å². The monoisotopic (exact) mass is 658 g/mol. The lowest BCUT2D eigenvalue weighted by atomic mass is 9.91. The number of para-hydroxylation sites is 3. The van der Waals surface area contributed by atoms with E-state index in [0.29, 0.717) is 0 Å².